The topological polar surface area (TPSA) is 60.8 Å². The summed E-state index contributed by atoms with van der Waals surface area (Å²) in [7, 11) is 4.89. The van der Waals surface area contributed by atoms with E-state index in [9.17, 15) is 9.59 Å². The van der Waals surface area contributed by atoms with Crippen molar-refractivity contribution in [3.05, 3.63) is 69.5 Å². The number of hydrogen-bond donors (Lipinski definition) is 0. The second-order valence-electron chi connectivity index (χ2n) is 6.84. The number of aromatic nitrogens is 1. The molecule has 2 aromatic carbocycles. The van der Waals surface area contributed by atoms with Gasteiger partial charge in [0.05, 0.1) is 22.5 Å². The highest BCUT2D eigenvalue weighted by Crippen LogP contribution is 2.34. The Morgan fingerprint density at radius 1 is 1.06 bits per heavy atom. The van der Waals surface area contributed by atoms with Crippen molar-refractivity contribution in [1.82, 2.24) is 4.57 Å². The number of carbonyl (C=O) groups is 1. The molecule has 0 spiro atoms. The van der Waals surface area contributed by atoms with E-state index >= 15 is 0 Å². The van der Waals surface area contributed by atoms with E-state index in [-0.39, 0.29) is 11.3 Å². The Kier molecular flexibility index (Phi) is 9.09. The monoisotopic (exact) mass is 444 g/mol. The highest BCUT2D eigenvalue weighted by molar-refractivity contribution is 6.36. The molecule has 0 aliphatic rings. The summed E-state index contributed by atoms with van der Waals surface area (Å²) in [6.45, 7) is 4.63. The highest BCUT2D eigenvalue weighted by Gasteiger charge is 2.28. The first-order valence-electron chi connectivity index (χ1n) is 10.1. The van der Waals surface area contributed by atoms with Gasteiger partial charge in [-0.2, -0.15) is 0 Å². The number of halogens is 1. The van der Waals surface area contributed by atoms with Crippen LogP contribution >= 0.6 is 11.6 Å². The van der Waals surface area contributed by atoms with Crippen molar-refractivity contribution in [3.63, 3.8) is 0 Å². The molecule has 166 valence electrons. The Morgan fingerprint density at radius 2 is 1.71 bits per heavy atom. The Bertz CT molecular complexity index is 1080. The zero-order chi connectivity index (χ0) is 23.0. The van der Waals surface area contributed by atoms with E-state index in [0.717, 1.165) is 12.1 Å². The third kappa shape index (κ3) is 5.27. The lowest BCUT2D eigenvalue weighted by molar-refractivity contribution is 0.0982. The van der Waals surface area contributed by atoms with Gasteiger partial charge in [0.25, 0.3) is 11.5 Å². The Balaban J connectivity index is 0.00000107. The number of amides is 1. The summed E-state index contributed by atoms with van der Waals surface area (Å²) in [5, 5.41) is 1.02. The van der Waals surface area contributed by atoms with Crippen LogP contribution in [-0.2, 0) is 11.8 Å². The van der Waals surface area contributed by atoms with Crippen LogP contribution in [0.3, 0.4) is 0 Å². The van der Waals surface area contributed by atoms with Crippen LogP contribution in [0.15, 0.2) is 53.3 Å². The van der Waals surface area contributed by atoms with E-state index in [1.54, 1.807) is 44.4 Å². The molecule has 0 fully saturated rings. The highest BCUT2D eigenvalue weighted by atomic mass is 35.5. The molecule has 31 heavy (non-hydrogen) atoms. The van der Waals surface area contributed by atoms with Crippen LogP contribution in [0.1, 0.15) is 30.6 Å². The van der Waals surface area contributed by atoms with Crippen molar-refractivity contribution < 1.29 is 14.3 Å². The fraction of sp³-hybridized carbons (Fsp3) is 0.333. The van der Waals surface area contributed by atoms with Gasteiger partial charge in [-0.1, -0.05) is 42.8 Å². The maximum atomic E-state index is 13.5. The summed E-state index contributed by atoms with van der Waals surface area (Å²) >= 11 is 6.45. The second-order valence-corrected chi connectivity index (χ2v) is 7.25. The summed E-state index contributed by atoms with van der Waals surface area (Å²) in [5.74, 6) is -0.146. The fourth-order valence-corrected chi connectivity index (χ4v) is 3.50. The normalized spacial score (nSPS) is 10.4. The first-order chi connectivity index (χ1) is 14.9. The molecule has 0 aliphatic carbocycles. The summed E-state index contributed by atoms with van der Waals surface area (Å²) in [4.78, 5) is 28.2. The Hall–Kier alpha value is -2.83. The van der Waals surface area contributed by atoms with Crippen LogP contribution < -0.4 is 15.2 Å². The molecule has 0 aliphatic heterocycles. The van der Waals surface area contributed by atoms with E-state index in [0.29, 0.717) is 29.1 Å². The van der Waals surface area contributed by atoms with Gasteiger partial charge in [0.2, 0.25) is 0 Å². The number of hydrogen-bond acceptors (Lipinski definition) is 4. The summed E-state index contributed by atoms with van der Waals surface area (Å²) in [5.41, 5.74) is 0.947. The number of carbonyl (C=O) groups excluding carboxylic acids is 1. The summed E-state index contributed by atoms with van der Waals surface area (Å²) < 4.78 is 11.6. The number of pyridine rings is 1. The summed E-state index contributed by atoms with van der Waals surface area (Å²) in [6.07, 6.45) is 0.741. The molecule has 0 atom stereocenters. The number of fused-ring (bicyclic) bond motifs is 1. The number of ether oxygens (including phenoxy) is 2. The number of anilines is 1. The van der Waals surface area contributed by atoms with E-state index in [4.69, 9.17) is 16.3 Å². The van der Waals surface area contributed by atoms with Gasteiger partial charge in [-0.3, -0.25) is 9.59 Å². The van der Waals surface area contributed by atoms with Gasteiger partial charge >= 0.3 is 0 Å². The molecule has 6 nitrogen and oxygen atoms in total. The molecule has 0 radical (unpaired) electrons. The second kappa shape index (κ2) is 11.5. The lowest BCUT2D eigenvalue weighted by Gasteiger charge is -2.23. The zero-order valence-electron chi connectivity index (χ0n) is 18.6. The number of benzene rings is 2. The van der Waals surface area contributed by atoms with Crippen molar-refractivity contribution in [1.29, 1.82) is 0 Å². The number of rotatable bonds is 6. The van der Waals surface area contributed by atoms with Gasteiger partial charge in [-0.15, -0.1) is 0 Å². The molecule has 0 bridgehead atoms. The number of nitrogens with zero attached hydrogens (tertiary/aromatic N) is 2. The third-order valence-corrected chi connectivity index (χ3v) is 4.93. The van der Waals surface area contributed by atoms with Gasteiger partial charge in [-0.05, 0) is 37.6 Å². The predicted octanol–water partition coefficient (Wildman–Crippen LogP) is 4.91. The first-order valence-corrected chi connectivity index (χ1v) is 10.5. The molecule has 0 N–H and O–H groups in total. The molecule has 0 saturated heterocycles. The Labute approximate surface area is 188 Å². The molecule has 3 rings (SSSR count). The first kappa shape index (κ1) is 24.4. The van der Waals surface area contributed by atoms with E-state index in [1.165, 1.54) is 4.57 Å². The van der Waals surface area contributed by atoms with Gasteiger partial charge in [-0.25, -0.2) is 0 Å². The summed E-state index contributed by atoms with van der Waals surface area (Å²) in [6, 6.07) is 14.6. The van der Waals surface area contributed by atoms with Crippen LogP contribution in [0.25, 0.3) is 10.9 Å². The molecule has 7 heteroatoms. The smallest absolute Gasteiger partial charge is 0.267 e. The van der Waals surface area contributed by atoms with Gasteiger partial charge in [0, 0.05) is 33.5 Å². The van der Waals surface area contributed by atoms with Crippen LogP contribution in [0.4, 0.5) is 5.69 Å². The maximum absolute atomic E-state index is 13.5. The van der Waals surface area contributed by atoms with E-state index < -0.39 is 11.5 Å². The van der Waals surface area contributed by atoms with Crippen molar-refractivity contribution in [2.45, 2.75) is 20.3 Å². The van der Waals surface area contributed by atoms with E-state index in [1.807, 2.05) is 44.2 Å². The SMILES string of the molecule is CCCOc1c(C(=O)N(CC)c2ccccc2)c(=O)n(C)c2cccc(Cl)c12.COC. The van der Waals surface area contributed by atoms with Crippen molar-refractivity contribution in [3.8, 4) is 5.75 Å². The molecular weight excluding hydrogens is 416 g/mol. The van der Waals surface area contributed by atoms with Crippen molar-refractivity contribution in [2.24, 2.45) is 7.05 Å². The minimum absolute atomic E-state index is 0.00209. The van der Waals surface area contributed by atoms with Gasteiger partial charge < -0.3 is 18.9 Å². The number of methoxy groups -OCH3 is 1. The van der Waals surface area contributed by atoms with E-state index in [2.05, 4.69) is 4.74 Å². The average molecular weight is 445 g/mol. The van der Waals surface area contributed by atoms with Crippen LogP contribution in [0, 0.1) is 0 Å². The molecule has 0 unspecified atom stereocenters. The zero-order valence-corrected chi connectivity index (χ0v) is 19.4. The largest absolute Gasteiger partial charge is 0.492 e. The predicted molar refractivity (Wildman–Crippen MR) is 127 cm³/mol. The molecule has 1 heterocycles. The van der Waals surface area contributed by atoms with Crippen LogP contribution in [0.2, 0.25) is 5.02 Å². The van der Waals surface area contributed by atoms with Crippen molar-refractivity contribution >= 4 is 34.1 Å². The fourth-order valence-electron chi connectivity index (χ4n) is 3.24. The lowest BCUT2D eigenvalue weighted by Crippen LogP contribution is -2.37. The van der Waals surface area contributed by atoms with Crippen LogP contribution in [0.5, 0.6) is 5.75 Å². The van der Waals surface area contributed by atoms with Crippen LogP contribution in [-0.4, -0.2) is 37.8 Å². The quantitative estimate of drug-likeness (QED) is 0.542. The molecule has 3 aromatic rings. The number of aryl methyl sites for hydroxylation is 1. The molecule has 1 amide bonds. The Morgan fingerprint density at radius 3 is 2.29 bits per heavy atom. The molecule has 1 aromatic heterocycles. The average Bonchev–Trinajstić information content (AvgIpc) is 2.77. The molecular formula is C24H29ClN2O4. The van der Waals surface area contributed by atoms with Gasteiger partial charge in [0.15, 0.2) is 0 Å². The standard InChI is InChI=1S/C22H23ClN2O3.C2H6O/c1-4-14-28-20-18-16(23)12-9-13-17(18)24(3)21(26)19(20)22(27)25(5-2)15-10-7-6-8-11-15;1-3-2/h6-13H,4-5,14H2,1-3H3;1-2H3. The maximum Gasteiger partial charge on any atom is 0.267 e. The third-order valence-electron chi connectivity index (χ3n) is 4.62. The molecule has 0 saturated carbocycles. The van der Waals surface area contributed by atoms with Gasteiger partial charge in [0.1, 0.15) is 11.3 Å². The minimum Gasteiger partial charge on any atom is -0.492 e. The number of para-hydroxylation sites is 1. The lowest BCUT2D eigenvalue weighted by atomic mass is 10.1. The minimum atomic E-state index is -0.403. The van der Waals surface area contributed by atoms with Crippen molar-refractivity contribution in [2.75, 3.05) is 32.3 Å².